The number of halogens is 1. The van der Waals surface area contributed by atoms with Crippen LogP contribution in [0.2, 0.25) is 0 Å². The lowest BCUT2D eigenvalue weighted by Crippen LogP contribution is -2.41. The van der Waals surface area contributed by atoms with Gasteiger partial charge in [0, 0.05) is 10.9 Å². The molecule has 2 rings (SSSR count). The molecule has 0 aliphatic carbocycles. The van der Waals surface area contributed by atoms with Gasteiger partial charge in [0.05, 0.1) is 16.0 Å². The highest BCUT2D eigenvalue weighted by Gasteiger charge is 2.29. The van der Waals surface area contributed by atoms with Crippen molar-refractivity contribution < 1.29 is 4.74 Å². The molecule has 3 atom stereocenters. The van der Waals surface area contributed by atoms with E-state index in [4.69, 9.17) is 4.74 Å². The molecule has 0 saturated carbocycles. The molecule has 1 aliphatic heterocycles. The van der Waals surface area contributed by atoms with Gasteiger partial charge in [0.15, 0.2) is 0 Å². The van der Waals surface area contributed by atoms with Crippen LogP contribution >= 0.6 is 27.3 Å². The maximum absolute atomic E-state index is 6.03. The summed E-state index contributed by atoms with van der Waals surface area (Å²) in [6.07, 6.45) is 5.45. The molecule has 102 valence electrons. The summed E-state index contributed by atoms with van der Waals surface area (Å²) in [4.78, 5) is 1.43. The van der Waals surface area contributed by atoms with E-state index in [2.05, 4.69) is 47.2 Å². The molecular weight excluding hydrogens is 310 g/mol. The van der Waals surface area contributed by atoms with Crippen molar-refractivity contribution in [2.75, 3.05) is 6.54 Å². The standard InChI is InChI=1S/C14H22BrNOS/c1-3-8-16-12(13-6-4-10(2)17-13)9-11-5-7-14(15)18-11/h5,7,10,12-13,16H,3-4,6,8-9H2,1-2H3. The summed E-state index contributed by atoms with van der Waals surface area (Å²) in [6.45, 7) is 5.47. The highest BCUT2D eigenvalue weighted by atomic mass is 79.9. The van der Waals surface area contributed by atoms with Crippen molar-refractivity contribution in [1.82, 2.24) is 5.32 Å². The average Bonchev–Trinajstić information content (AvgIpc) is 2.93. The molecule has 1 aromatic heterocycles. The van der Waals surface area contributed by atoms with Crippen molar-refractivity contribution in [2.45, 2.75) is 57.8 Å². The first kappa shape index (κ1) is 14.5. The van der Waals surface area contributed by atoms with Crippen molar-refractivity contribution >= 4 is 27.3 Å². The van der Waals surface area contributed by atoms with Gasteiger partial charge in [-0.3, -0.25) is 0 Å². The molecule has 4 heteroatoms. The van der Waals surface area contributed by atoms with Crippen molar-refractivity contribution in [2.24, 2.45) is 0 Å². The Kier molecular flexibility index (Phi) is 5.67. The molecule has 18 heavy (non-hydrogen) atoms. The van der Waals surface area contributed by atoms with Gasteiger partial charge in [-0.25, -0.2) is 0 Å². The normalized spacial score (nSPS) is 25.5. The summed E-state index contributed by atoms with van der Waals surface area (Å²) >= 11 is 5.36. The molecule has 1 aromatic rings. The molecule has 1 saturated heterocycles. The van der Waals surface area contributed by atoms with E-state index in [-0.39, 0.29) is 0 Å². The number of hydrogen-bond donors (Lipinski definition) is 1. The minimum absolute atomic E-state index is 0.382. The van der Waals surface area contributed by atoms with Crippen LogP contribution in [-0.2, 0) is 11.2 Å². The minimum atomic E-state index is 0.382. The summed E-state index contributed by atoms with van der Waals surface area (Å²) in [5.74, 6) is 0. The van der Waals surface area contributed by atoms with Crippen LogP contribution in [0.4, 0.5) is 0 Å². The van der Waals surface area contributed by atoms with E-state index < -0.39 is 0 Å². The van der Waals surface area contributed by atoms with Crippen LogP contribution < -0.4 is 5.32 Å². The summed E-state index contributed by atoms with van der Waals surface area (Å²) in [7, 11) is 0. The first-order chi connectivity index (χ1) is 8.69. The maximum Gasteiger partial charge on any atom is 0.0736 e. The Bertz CT molecular complexity index is 368. The van der Waals surface area contributed by atoms with E-state index in [1.807, 2.05) is 11.3 Å². The topological polar surface area (TPSA) is 21.3 Å². The monoisotopic (exact) mass is 331 g/mol. The third-order valence-electron chi connectivity index (χ3n) is 3.42. The van der Waals surface area contributed by atoms with E-state index >= 15 is 0 Å². The van der Waals surface area contributed by atoms with E-state index in [0.717, 1.165) is 13.0 Å². The van der Waals surface area contributed by atoms with Crippen LogP contribution in [0, 0.1) is 0 Å². The van der Waals surface area contributed by atoms with Crippen LogP contribution in [0.25, 0.3) is 0 Å². The zero-order chi connectivity index (χ0) is 13.0. The van der Waals surface area contributed by atoms with Gasteiger partial charge < -0.3 is 10.1 Å². The Morgan fingerprint density at radius 3 is 2.89 bits per heavy atom. The van der Waals surface area contributed by atoms with E-state index in [0.29, 0.717) is 18.2 Å². The number of ether oxygens (including phenoxy) is 1. The molecule has 0 radical (unpaired) electrons. The van der Waals surface area contributed by atoms with E-state index in [1.165, 1.54) is 27.9 Å². The molecule has 0 amide bonds. The highest BCUT2D eigenvalue weighted by molar-refractivity contribution is 9.11. The molecule has 1 N–H and O–H groups in total. The number of nitrogens with one attached hydrogen (secondary N) is 1. The fourth-order valence-electron chi connectivity index (χ4n) is 2.47. The Balaban J connectivity index is 1.96. The first-order valence-electron chi connectivity index (χ1n) is 6.82. The number of hydrogen-bond acceptors (Lipinski definition) is 3. The van der Waals surface area contributed by atoms with Crippen LogP contribution in [0.1, 0.15) is 38.0 Å². The van der Waals surface area contributed by atoms with Gasteiger partial charge in [0.1, 0.15) is 0 Å². The van der Waals surface area contributed by atoms with Crippen molar-refractivity contribution in [1.29, 1.82) is 0 Å². The smallest absolute Gasteiger partial charge is 0.0736 e. The van der Waals surface area contributed by atoms with Crippen molar-refractivity contribution in [3.63, 3.8) is 0 Å². The zero-order valence-corrected chi connectivity index (χ0v) is 13.5. The molecule has 2 heterocycles. The second kappa shape index (κ2) is 7.04. The average molecular weight is 332 g/mol. The molecular formula is C14H22BrNOS. The highest BCUT2D eigenvalue weighted by Crippen LogP contribution is 2.27. The van der Waals surface area contributed by atoms with Gasteiger partial charge in [0.2, 0.25) is 0 Å². The van der Waals surface area contributed by atoms with Gasteiger partial charge in [-0.1, -0.05) is 6.92 Å². The van der Waals surface area contributed by atoms with E-state index in [9.17, 15) is 0 Å². The Morgan fingerprint density at radius 2 is 2.33 bits per heavy atom. The second-order valence-corrected chi connectivity index (χ2v) is 7.58. The molecule has 3 unspecified atom stereocenters. The Hall–Kier alpha value is 0.1000. The Labute approximate surface area is 122 Å². The lowest BCUT2D eigenvalue weighted by molar-refractivity contribution is 0.0322. The minimum Gasteiger partial charge on any atom is -0.374 e. The maximum atomic E-state index is 6.03. The van der Waals surface area contributed by atoms with Gasteiger partial charge in [-0.2, -0.15) is 0 Å². The number of thiophene rings is 1. The molecule has 1 fully saturated rings. The molecule has 2 nitrogen and oxygen atoms in total. The number of rotatable bonds is 6. The van der Waals surface area contributed by atoms with Crippen LogP contribution in [0.3, 0.4) is 0 Å². The quantitative estimate of drug-likeness (QED) is 0.850. The SMILES string of the molecule is CCCNC(Cc1ccc(Br)s1)C1CCC(C)O1. The summed E-state index contributed by atoms with van der Waals surface area (Å²) in [6, 6.07) is 4.81. The van der Waals surface area contributed by atoms with Crippen molar-refractivity contribution in [3.05, 3.63) is 20.8 Å². The van der Waals surface area contributed by atoms with Gasteiger partial charge in [-0.05, 0) is 67.2 Å². The predicted molar refractivity (Wildman–Crippen MR) is 81.4 cm³/mol. The summed E-state index contributed by atoms with van der Waals surface area (Å²) in [5.41, 5.74) is 0. The fraction of sp³-hybridized carbons (Fsp3) is 0.714. The lowest BCUT2D eigenvalue weighted by atomic mass is 10.0. The third-order valence-corrected chi connectivity index (χ3v) is 5.07. The second-order valence-electron chi connectivity index (χ2n) is 5.03. The van der Waals surface area contributed by atoms with Crippen molar-refractivity contribution in [3.8, 4) is 0 Å². The van der Waals surface area contributed by atoms with Gasteiger partial charge in [-0.15, -0.1) is 11.3 Å². The Morgan fingerprint density at radius 1 is 1.50 bits per heavy atom. The predicted octanol–water partition coefficient (Wildman–Crippen LogP) is 3.99. The summed E-state index contributed by atoms with van der Waals surface area (Å²) < 4.78 is 7.25. The van der Waals surface area contributed by atoms with E-state index in [1.54, 1.807) is 0 Å². The van der Waals surface area contributed by atoms with Crippen LogP contribution in [0.5, 0.6) is 0 Å². The zero-order valence-electron chi connectivity index (χ0n) is 11.1. The fourth-order valence-corrected chi connectivity index (χ4v) is 4.01. The molecule has 0 spiro atoms. The lowest BCUT2D eigenvalue weighted by Gasteiger charge is -2.24. The third kappa shape index (κ3) is 4.05. The van der Waals surface area contributed by atoms with Crippen LogP contribution in [-0.4, -0.2) is 24.8 Å². The largest absolute Gasteiger partial charge is 0.374 e. The van der Waals surface area contributed by atoms with Crippen LogP contribution in [0.15, 0.2) is 15.9 Å². The van der Waals surface area contributed by atoms with Gasteiger partial charge in [0.25, 0.3) is 0 Å². The molecule has 0 aromatic carbocycles. The summed E-state index contributed by atoms with van der Waals surface area (Å²) in [5, 5.41) is 3.66. The van der Waals surface area contributed by atoms with Gasteiger partial charge >= 0.3 is 0 Å². The first-order valence-corrected chi connectivity index (χ1v) is 8.43. The molecule has 1 aliphatic rings. The molecule has 0 bridgehead atoms.